The molecule has 0 spiro atoms. The van der Waals surface area contributed by atoms with Crippen LogP contribution in [0, 0.1) is 0 Å². The molecule has 0 aliphatic rings. The first kappa shape index (κ1) is 9.41. The van der Waals surface area contributed by atoms with Gasteiger partial charge in [0, 0.05) is 12.1 Å². The van der Waals surface area contributed by atoms with Crippen LogP contribution >= 0.6 is 11.3 Å². The van der Waals surface area contributed by atoms with Crippen LogP contribution in [-0.4, -0.2) is 27.4 Å². The number of nitrogens with zero attached hydrogens (tertiary/aromatic N) is 2. The third-order valence-electron chi connectivity index (χ3n) is 1.54. The van der Waals surface area contributed by atoms with Gasteiger partial charge in [0.1, 0.15) is 5.51 Å². The molecule has 1 aromatic rings. The van der Waals surface area contributed by atoms with E-state index in [2.05, 4.69) is 15.5 Å². The zero-order valence-electron chi connectivity index (χ0n) is 7.24. The summed E-state index contributed by atoms with van der Waals surface area (Å²) in [5, 5.41) is 20.3. The van der Waals surface area contributed by atoms with Crippen molar-refractivity contribution in [2.75, 3.05) is 11.9 Å². The summed E-state index contributed by atoms with van der Waals surface area (Å²) >= 11 is 1.46. The molecule has 4 nitrogen and oxygen atoms in total. The smallest absolute Gasteiger partial charge is 0.205 e. The zero-order valence-corrected chi connectivity index (χ0v) is 8.06. The fourth-order valence-corrected chi connectivity index (χ4v) is 1.48. The number of aromatic nitrogens is 2. The average molecular weight is 187 g/mol. The van der Waals surface area contributed by atoms with Gasteiger partial charge in [0.25, 0.3) is 0 Å². The Kier molecular flexibility index (Phi) is 2.99. The number of hydrogen-bond acceptors (Lipinski definition) is 5. The van der Waals surface area contributed by atoms with Crippen LogP contribution in [0.25, 0.3) is 0 Å². The first-order chi connectivity index (χ1) is 5.64. The Hall–Kier alpha value is -0.680. The second-order valence-electron chi connectivity index (χ2n) is 3.23. The molecule has 1 rings (SSSR count). The molecule has 1 aromatic heterocycles. The van der Waals surface area contributed by atoms with Crippen molar-refractivity contribution in [1.82, 2.24) is 10.2 Å². The Morgan fingerprint density at radius 1 is 1.67 bits per heavy atom. The summed E-state index contributed by atoms with van der Waals surface area (Å²) in [6, 6.07) is 0. The predicted octanol–water partition coefficient (Wildman–Crippen LogP) is 1.11. The molecule has 0 aromatic carbocycles. The lowest BCUT2D eigenvalue weighted by molar-refractivity contribution is 0.261. The van der Waals surface area contributed by atoms with E-state index >= 15 is 0 Å². The van der Waals surface area contributed by atoms with Crippen molar-refractivity contribution >= 4 is 16.5 Å². The molecular formula is C7H13N3OS. The van der Waals surface area contributed by atoms with E-state index in [0.717, 1.165) is 5.13 Å². The summed E-state index contributed by atoms with van der Waals surface area (Å²) in [4.78, 5) is 0. The van der Waals surface area contributed by atoms with Gasteiger partial charge in [-0.2, -0.15) is 0 Å². The average Bonchev–Trinajstić information content (AvgIpc) is 2.38. The second-order valence-corrected chi connectivity index (χ2v) is 4.06. The van der Waals surface area contributed by atoms with Gasteiger partial charge >= 0.3 is 0 Å². The Balaban J connectivity index is 2.50. The molecule has 0 bridgehead atoms. The summed E-state index contributed by atoms with van der Waals surface area (Å²) in [6.07, 6.45) is 0.701. The van der Waals surface area contributed by atoms with Gasteiger partial charge in [0.2, 0.25) is 5.13 Å². The first-order valence-electron chi connectivity index (χ1n) is 3.79. The minimum absolute atomic E-state index is 0.117. The van der Waals surface area contributed by atoms with E-state index in [9.17, 15) is 0 Å². The lowest BCUT2D eigenvalue weighted by atomic mass is 10.0. The molecule has 68 valence electrons. The van der Waals surface area contributed by atoms with E-state index in [0.29, 0.717) is 6.42 Å². The maximum absolute atomic E-state index is 8.76. The Morgan fingerprint density at radius 2 is 2.42 bits per heavy atom. The van der Waals surface area contributed by atoms with Gasteiger partial charge in [-0.05, 0) is 20.3 Å². The van der Waals surface area contributed by atoms with Gasteiger partial charge in [-0.15, -0.1) is 10.2 Å². The predicted molar refractivity (Wildman–Crippen MR) is 49.3 cm³/mol. The van der Waals surface area contributed by atoms with Gasteiger partial charge in [-0.25, -0.2) is 0 Å². The second kappa shape index (κ2) is 3.82. The summed E-state index contributed by atoms with van der Waals surface area (Å²) in [6.45, 7) is 4.22. The SMILES string of the molecule is CC(C)(CCO)Nc1nncs1. The number of nitrogens with one attached hydrogen (secondary N) is 1. The maximum Gasteiger partial charge on any atom is 0.205 e. The number of hydrogen-bond donors (Lipinski definition) is 2. The minimum Gasteiger partial charge on any atom is -0.396 e. The van der Waals surface area contributed by atoms with Gasteiger partial charge in [-0.1, -0.05) is 11.3 Å². The number of aliphatic hydroxyl groups is 1. The molecule has 0 radical (unpaired) electrons. The molecule has 1 heterocycles. The van der Waals surface area contributed by atoms with Crippen molar-refractivity contribution in [1.29, 1.82) is 0 Å². The highest BCUT2D eigenvalue weighted by Gasteiger charge is 2.17. The third kappa shape index (κ3) is 2.75. The maximum atomic E-state index is 8.76. The van der Waals surface area contributed by atoms with E-state index in [-0.39, 0.29) is 12.1 Å². The number of aliphatic hydroxyl groups excluding tert-OH is 1. The number of anilines is 1. The quantitative estimate of drug-likeness (QED) is 0.741. The van der Waals surface area contributed by atoms with Crippen LogP contribution in [0.1, 0.15) is 20.3 Å². The minimum atomic E-state index is -0.117. The fourth-order valence-electron chi connectivity index (χ4n) is 0.859. The molecule has 0 saturated carbocycles. The van der Waals surface area contributed by atoms with Crippen LogP contribution in [0.5, 0.6) is 0 Å². The molecule has 5 heteroatoms. The molecule has 0 fully saturated rings. The van der Waals surface area contributed by atoms with Gasteiger partial charge < -0.3 is 10.4 Å². The Morgan fingerprint density at radius 3 is 2.92 bits per heavy atom. The van der Waals surface area contributed by atoms with Crippen LogP contribution in [-0.2, 0) is 0 Å². The molecule has 0 saturated heterocycles. The van der Waals surface area contributed by atoms with E-state index in [4.69, 9.17) is 5.11 Å². The molecule has 0 unspecified atom stereocenters. The van der Waals surface area contributed by atoms with Gasteiger partial charge in [0.15, 0.2) is 0 Å². The standard InChI is InChI=1S/C7H13N3OS/c1-7(2,3-4-11)9-6-10-8-5-12-6/h5,11H,3-4H2,1-2H3,(H,9,10). The summed E-state index contributed by atoms with van der Waals surface area (Å²) in [7, 11) is 0. The van der Waals surface area contributed by atoms with Crippen molar-refractivity contribution in [2.24, 2.45) is 0 Å². The van der Waals surface area contributed by atoms with E-state index in [1.165, 1.54) is 11.3 Å². The molecule has 0 aliphatic heterocycles. The lowest BCUT2D eigenvalue weighted by Gasteiger charge is -2.24. The van der Waals surface area contributed by atoms with E-state index in [1.807, 2.05) is 13.8 Å². The summed E-state index contributed by atoms with van der Waals surface area (Å²) in [5.74, 6) is 0. The molecule has 12 heavy (non-hydrogen) atoms. The Labute approximate surface area is 75.6 Å². The fraction of sp³-hybridized carbons (Fsp3) is 0.714. The van der Waals surface area contributed by atoms with Crippen molar-refractivity contribution in [3.8, 4) is 0 Å². The third-order valence-corrected chi connectivity index (χ3v) is 2.15. The van der Waals surface area contributed by atoms with Crippen LogP contribution in [0.3, 0.4) is 0 Å². The van der Waals surface area contributed by atoms with E-state index in [1.54, 1.807) is 5.51 Å². The Bertz CT molecular complexity index is 223. The van der Waals surface area contributed by atoms with Crippen LogP contribution in [0.4, 0.5) is 5.13 Å². The topological polar surface area (TPSA) is 58.0 Å². The molecule has 0 amide bonds. The van der Waals surface area contributed by atoms with Gasteiger partial charge in [-0.3, -0.25) is 0 Å². The molecular weight excluding hydrogens is 174 g/mol. The summed E-state index contributed by atoms with van der Waals surface area (Å²) in [5.41, 5.74) is 1.56. The monoisotopic (exact) mass is 187 g/mol. The molecule has 0 aliphatic carbocycles. The van der Waals surface area contributed by atoms with Crippen LogP contribution in [0.2, 0.25) is 0 Å². The lowest BCUT2D eigenvalue weighted by Crippen LogP contribution is -2.31. The van der Waals surface area contributed by atoms with E-state index < -0.39 is 0 Å². The highest BCUT2D eigenvalue weighted by Crippen LogP contribution is 2.18. The van der Waals surface area contributed by atoms with Crippen LogP contribution < -0.4 is 5.32 Å². The summed E-state index contributed by atoms with van der Waals surface area (Å²) < 4.78 is 0. The van der Waals surface area contributed by atoms with Crippen molar-refractivity contribution in [2.45, 2.75) is 25.8 Å². The molecule has 0 atom stereocenters. The largest absolute Gasteiger partial charge is 0.396 e. The highest BCUT2D eigenvalue weighted by atomic mass is 32.1. The van der Waals surface area contributed by atoms with Crippen molar-refractivity contribution < 1.29 is 5.11 Å². The number of rotatable bonds is 4. The van der Waals surface area contributed by atoms with Crippen molar-refractivity contribution in [3.63, 3.8) is 0 Å². The zero-order chi connectivity index (χ0) is 9.03. The van der Waals surface area contributed by atoms with Crippen molar-refractivity contribution in [3.05, 3.63) is 5.51 Å². The van der Waals surface area contributed by atoms with Gasteiger partial charge in [0.05, 0.1) is 0 Å². The molecule has 2 N–H and O–H groups in total. The normalized spacial score (nSPS) is 11.6. The highest BCUT2D eigenvalue weighted by molar-refractivity contribution is 7.13. The first-order valence-corrected chi connectivity index (χ1v) is 4.67. The van der Waals surface area contributed by atoms with Crippen LogP contribution in [0.15, 0.2) is 5.51 Å².